The molecule has 0 bridgehead atoms. The van der Waals surface area contributed by atoms with Gasteiger partial charge in [0.15, 0.2) is 0 Å². The number of carbonyl (C=O) groups excluding carboxylic acids is 1. The van der Waals surface area contributed by atoms with E-state index in [0.29, 0.717) is 5.56 Å². The third-order valence-corrected chi connectivity index (χ3v) is 2.76. The van der Waals surface area contributed by atoms with Gasteiger partial charge in [0.1, 0.15) is 0 Å². The molecule has 2 N–H and O–H groups in total. The van der Waals surface area contributed by atoms with Crippen LogP contribution in [0, 0.1) is 6.92 Å². The highest BCUT2D eigenvalue weighted by Gasteiger charge is 2.11. The summed E-state index contributed by atoms with van der Waals surface area (Å²) in [5.74, 6) is -0.145. The molecule has 0 spiro atoms. The Bertz CT molecular complexity index is 574. The summed E-state index contributed by atoms with van der Waals surface area (Å²) in [4.78, 5) is 14.1. The van der Waals surface area contributed by atoms with Crippen LogP contribution in [0.1, 0.15) is 21.6 Å². The quantitative estimate of drug-likeness (QED) is 0.882. The molecule has 0 radical (unpaired) electrons. The summed E-state index contributed by atoms with van der Waals surface area (Å²) in [6.07, 6.45) is 1.54. The highest BCUT2D eigenvalue weighted by Crippen LogP contribution is 2.14. The van der Waals surface area contributed by atoms with Crippen LogP contribution in [-0.4, -0.2) is 35.1 Å². The van der Waals surface area contributed by atoms with E-state index in [1.54, 1.807) is 0 Å². The first kappa shape index (κ1) is 13.3. The predicted octanol–water partition coefficient (Wildman–Crippen LogP) is 2.03. The Labute approximate surface area is 112 Å². The van der Waals surface area contributed by atoms with Crippen LogP contribution in [0.2, 0.25) is 0 Å². The number of aryl methyl sites for hydroxylation is 1. The van der Waals surface area contributed by atoms with Crippen molar-refractivity contribution >= 4 is 11.6 Å². The van der Waals surface area contributed by atoms with Crippen LogP contribution in [0.15, 0.2) is 30.5 Å². The maximum Gasteiger partial charge on any atom is 0.259 e. The Hall–Kier alpha value is -2.14. The Balaban J connectivity index is 2.11. The molecule has 2 rings (SSSR count). The van der Waals surface area contributed by atoms with Gasteiger partial charge in [-0.2, -0.15) is 5.10 Å². The molecule has 0 aliphatic carbocycles. The van der Waals surface area contributed by atoms with E-state index in [1.807, 2.05) is 45.3 Å². The van der Waals surface area contributed by atoms with Crippen molar-refractivity contribution in [2.75, 3.05) is 19.4 Å². The van der Waals surface area contributed by atoms with E-state index in [4.69, 9.17) is 0 Å². The highest BCUT2D eigenvalue weighted by atomic mass is 16.1. The number of nitrogens with one attached hydrogen (secondary N) is 2. The molecule has 2 aromatic rings. The molecule has 0 fully saturated rings. The number of anilines is 1. The first-order valence-corrected chi connectivity index (χ1v) is 6.11. The van der Waals surface area contributed by atoms with Crippen LogP contribution in [-0.2, 0) is 6.54 Å². The van der Waals surface area contributed by atoms with Crippen molar-refractivity contribution in [3.63, 3.8) is 0 Å². The van der Waals surface area contributed by atoms with Gasteiger partial charge in [-0.15, -0.1) is 0 Å². The largest absolute Gasteiger partial charge is 0.322 e. The molecular weight excluding hydrogens is 240 g/mol. The molecule has 0 aliphatic rings. The van der Waals surface area contributed by atoms with Crippen LogP contribution in [0.25, 0.3) is 0 Å². The Morgan fingerprint density at radius 2 is 2.21 bits per heavy atom. The molecule has 1 aromatic heterocycles. The van der Waals surface area contributed by atoms with Crippen molar-refractivity contribution in [1.29, 1.82) is 0 Å². The maximum atomic E-state index is 12.0. The van der Waals surface area contributed by atoms with E-state index in [1.165, 1.54) is 6.20 Å². The molecule has 1 heterocycles. The van der Waals surface area contributed by atoms with Gasteiger partial charge in [-0.1, -0.05) is 12.1 Å². The smallest absolute Gasteiger partial charge is 0.259 e. The molecule has 5 heteroatoms. The van der Waals surface area contributed by atoms with Crippen molar-refractivity contribution in [3.8, 4) is 0 Å². The monoisotopic (exact) mass is 258 g/mol. The van der Waals surface area contributed by atoms with Crippen LogP contribution in [0.5, 0.6) is 0 Å². The van der Waals surface area contributed by atoms with E-state index < -0.39 is 0 Å². The SMILES string of the molecule is Cc1[nH]ncc1C(=O)Nc1cccc(CN(C)C)c1. The fourth-order valence-electron chi connectivity index (χ4n) is 1.89. The summed E-state index contributed by atoms with van der Waals surface area (Å²) in [7, 11) is 4.03. The topological polar surface area (TPSA) is 61.0 Å². The molecule has 19 heavy (non-hydrogen) atoms. The molecule has 0 atom stereocenters. The normalized spacial score (nSPS) is 10.7. The lowest BCUT2D eigenvalue weighted by atomic mass is 10.2. The molecule has 0 unspecified atom stereocenters. The van der Waals surface area contributed by atoms with Gasteiger partial charge in [-0.25, -0.2) is 0 Å². The Morgan fingerprint density at radius 3 is 2.84 bits per heavy atom. The second-order valence-electron chi connectivity index (χ2n) is 4.80. The number of hydrogen-bond donors (Lipinski definition) is 2. The minimum Gasteiger partial charge on any atom is -0.322 e. The summed E-state index contributed by atoms with van der Waals surface area (Å²) >= 11 is 0. The summed E-state index contributed by atoms with van der Waals surface area (Å²) in [6.45, 7) is 2.67. The number of rotatable bonds is 4. The van der Waals surface area contributed by atoms with Crippen molar-refractivity contribution in [2.24, 2.45) is 0 Å². The van der Waals surface area contributed by atoms with Crippen LogP contribution in [0.3, 0.4) is 0 Å². The average Bonchev–Trinajstić information content (AvgIpc) is 2.75. The van der Waals surface area contributed by atoms with Gasteiger partial charge < -0.3 is 10.2 Å². The zero-order chi connectivity index (χ0) is 13.8. The van der Waals surface area contributed by atoms with Crippen LogP contribution < -0.4 is 5.32 Å². The van der Waals surface area contributed by atoms with Crippen LogP contribution in [0.4, 0.5) is 5.69 Å². The van der Waals surface area contributed by atoms with Gasteiger partial charge in [0, 0.05) is 17.9 Å². The molecular formula is C14H18N4O. The fourth-order valence-corrected chi connectivity index (χ4v) is 1.89. The summed E-state index contributed by atoms with van der Waals surface area (Å²) < 4.78 is 0. The fraction of sp³-hybridized carbons (Fsp3) is 0.286. The van der Waals surface area contributed by atoms with Gasteiger partial charge >= 0.3 is 0 Å². The number of aromatic amines is 1. The van der Waals surface area contributed by atoms with E-state index in [2.05, 4.69) is 20.4 Å². The first-order valence-electron chi connectivity index (χ1n) is 6.11. The highest BCUT2D eigenvalue weighted by molar-refractivity contribution is 6.04. The molecule has 0 aliphatic heterocycles. The first-order chi connectivity index (χ1) is 9.06. The predicted molar refractivity (Wildman–Crippen MR) is 75.1 cm³/mol. The molecule has 5 nitrogen and oxygen atoms in total. The lowest BCUT2D eigenvalue weighted by molar-refractivity contribution is 0.102. The third-order valence-electron chi connectivity index (χ3n) is 2.76. The Kier molecular flexibility index (Phi) is 3.97. The van der Waals surface area contributed by atoms with Crippen molar-refractivity contribution in [3.05, 3.63) is 47.3 Å². The summed E-state index contributed by atoms with van der Waals surface area (Å²) in [6, 6.07) is 7.84. The number of H-pyrrole nitrogens is 1. The lowest BCUT2D eigenvalue weighted by Gasteiger charge is -2.11. The number of aromatic nitrogens is 2. The van der Waals surface area contributed by atoms with Gasteiger partial charge in [-0.3, -0.25) is 9.89 Å². The maximum absolute atomic E-state index is 12.0. The number of nitrogens with zero attached hydrogens (tertiary/aromatic N) is 2. The summed E-state index contributed by atoms with van der Waals surface area (Å²) in [5.41, 5.74) is 3.29. The number of carbonyl (C=O) groups is 1. The van der Waals surface area contributed by atoms with Crippen molar-refractivity contribution < 1.29 is 4.79 Å². The van der Waals surface area contributed by atoms with Crippen molar-refractivity contribution in [2.45, 2.75) is 13.5 Å². The molecule has 0 saturated carbocycles. The average molecular weight is 258 g/mol. The number of amides is 1. The van der Waals surface area contributed by atoms with Gasteiger partial charge in [0.05, 0.1) is 11.8 Å². The minimum absolute atomic E-state index is 0.145. The lowest BCUT2D eigenvalue weighted by Crippen LogP contribution is -2.14. The molecule has 1 amide bonds. The van der Waals surface area contributed by atoms with Crippen molar-refractivity contribution in [1.82, 2.24) is 15.1 Å². The number of hydrogen-bond acceptors (Lipinski definition) is 3. The van der Waals surface area contributed by atoms with E-state index in [0.717, 1.165) is 23.5 Å². The van der Waals surface area contributed by atoms with E-state index in [-0.39, 0.29) is 5.91 Å². The molecule has 1 aromatic carbocycles. The standard InChI is InChI=1S/C14H18N4O/c1-10-13(8-15-17-10)14(19)16-12-6-4-5-11(7-12)9-18(2)3/h4-8H,9H2,1-3H3,(H,15,17)(H,16,19). The van der Waals surface area contributed by atoms with Crippen LogP contribution >= 0.6 is 0 Å². The summed E-state index contributed by atoms with van der Waals surface area (Å²) in [5, 5.41) is 9.49. The van der Waals surface area contributed by atoms with E-state index in [9.17, 15) is 4.79 Å². The minimum atomic E-state index is -0.145. The van der Waals surface area contributed by atoms with Gasteiger partial charge in [0.2, 0.25) is 0 Å². The van der Waals surface area contributed by atoms with Gasteiger partial charge in [0.25, 0.3) is 5.91 Å². The zero-order valence-corrected chi connectivity index (χ0v) is 11.4. The number of benzene rings is 1. The second-order valence-corrected chi connectivity index (χ2v) is 4.80. The third kappa shape index (κ3) is 3.42. The van der Waals surface area contributed by atoms with E-state index >= 15 is 0 Å². The van der Waals surface area contributed by atoms with Gasteiger partial charge in [-0.05, 0) is 38.7 Å². The Morgan fingerprint density at radius 1 is 1.42 bits per heavy atom. The zero-order valence-electron chi connectivity index (χ0n) is 11.4. The molecule has 100 valence electrons. The molecule has 0 saturated heterocycles. The second kappa shape index (κ2) is 5.67.